The van der Waals surface area contributed by atoms with Gasteiger partial charge in [-0.3, -0.25) is 4.79 Å². The molecule has 0 bridgehead atoms. The Kier molecular flexibility index (Phi) is 4.39. The summed E-state index contributed by atoms with van der Waals surface area (Å²) in [4.78, 5) is 21.8. The van der Waals surface area contributed by atoms with Crippen molar-refractivity contribution in [2.24, 2.45) is 0 Å². The first-order chi connectivity index (χ1) is 8.04. The first kappa shape index (κ1) is 12.9. The van der Waals surface area contributed by atoms with Crippen molar-refractivity contribution in [1.82, 2.24) is 0 Å². The molecular formula is C12H11FO4. The lowest BCUT2D eigenvalue weighted by molar-refractivity contribution is -0.141. The highest BCUT2D eigenvalue weighted by Gasteiger charge is 2.14. The number of ether oxygens (including phenoxy) is 1. The minimum absolute atomic E-state index is 0.106. The number of rotatable bonds is 4. The molecule has 1 N–H and O–H groups in total. The van der Waals surface area contributed by atoms with Gasteiger partial charge in [0.05, 0.1) is 13.5 Å². The van der Waals surface area contributed by atoms with Crippen LogP contribution < -0.4 is 0 Å². The number of carbonyl (C=O) groups excluding carboxylic acids is 1. The zero-order valence-corrected chi connectivity index (χ0v) is 9.14. The van der Waals surface area contributed by atoms with Crippen molar-refractivity contribution in [3.63, 3.8) is 0 Å². The van der Waals surface area contributed by atoms with E-state index < -0.39 is 24.2 Å². The van der Waals surface area contributed by atoms with Crippen molar-refractivity contribution >= 4 is 18.0 Å². The van der Waals surface area contributed by atoms with Crippen LogP contribution in [0.3, 0.4) is 0 Å². The topological polar surface area (TPSA) is 63.6 Å². The number of methoxy groups -OCH3 is 1. The molecule has 0 aromatic heterocycles. The van der Waals surface area contributed by atoms with Crippen molar-refractivity contribution in [3.8, 4) is 0 Å². The van der Waals surface area contributed by atoms with Crippen LogP contribution in [0.5, 0.6) is 0 Å². The highest BCUT2D eigenvalue weighted by molar-refractivity contribution is 5.97. The molecule has 90 valence electrons. The largest absolute Gasteiger partial charge is 0.481 e. The Morgan fingerprint density at radius 1 is 1.41 bits per heavy atom. The summed E-state index contributed by atoms with van der Waals surface area (Å²) in [6.45, 7) is 0. The van der Waals surface area contributed by atoms with Gasteiger partial charge >= 0.3 is 11.9 Å². The van der Waals surface area contributed by atoms with Crippen LogP contribution in [0.1, 0.15) is 12.0 Å². The van der Waals surface area contributed by atoms with E-state index in [1.165, 1.54) is 24.3 Å². The maximum atomic E-state index is 13.3. The molecule has 0 aliphatic heterocycles. The lowest BCUT2D eigenvalue weighted by Gasteiger charge is -2.03. The minimum atomic E-state index is -1.18. The number of hydrogen-bond donors (Lipinski definition) is 1. The third-order valence-electron chi connectivity index (χ3n) is 2.02. The number of carboxylic acid groups (broad SMARTS) is 1. The molecule has 0 unspecified atom stereocenters. The molecule has 0 amide bonds. The number of hydrogen-bond acceptors (Lipinski definition) is 3. The van der Waals surface area contributed by atoms with Crippen LogP contribution in [0.25, 0.3) is 6.08 Å². The highest BCUT2D eigenvalue weighted by Crippen LogP contribution is 2.14. The Balaban J connectivity index is 3.09. The summed E-state index contributed by atoms with van der Waals surface area (Å²) in [5, 5.41) is 8.63. The van der Waals surface area contributed by atoms with Gasteiger partial charge in [-0.05, 0) is 12.1 Å². The Morgan fingerprint density at radius 2 is 2.06 bits per heavy atom. The molecule has 0 aliphatic rings. The molecule has 0 spiro atoms. The predicted octanol–water partition coefficient (Wildman–Crippen LogP) is 1.86. The fourth-order valence-corrected chi connectivity index (χ4v) is 1.26. The molecule has 0 radical (unpaired) electrons. The zero-order valence-electron chi connectivity index (χ0n) is 9.14. The number of carbonyl (C=O) groups is 2. The number of halogens is 1. The summed E-state index contributed by atoms with van der Waals surface area (Å²) in [7, 11) is 1.14. The standard InChI is InChI=1S/C12H11FO4/c1-17-12(16)9(7-11(14)15)6-8-4-2-3-5-10(8)13/h2-6H,7H2,1H3,(H,14,15). The van der Waals surface area contributed by atoms with E-state index in [0.717, 1.165) is 7.11 Å². The first-order valence-electron chi connectivity index (χ1n) is 4.80. The lowest BCUT2D eigenvalue weighted by Crippen LogP contribution is -2.09. The molecule has 0 fully saturated rings. The molecule has 5 heteroatoms. The summed E-state index contributed by atoms with van der Waals surface area (Å²) in [5.74, 6) is -2.49. The van der Waals surface area contributed by atoms with E-state index >= 15 is 0 Å². The van der Waals surface area contributed by atoms with Crippen LogP contribution in [0, 0.1) is 5.82 Å². The van der Waals surface area contributed by atoms with Gasteiger partial charge in [-0.15, -0.1) is 0 Å². The Morgan fingerprint density at radius 3 is 2.59 bits per heavy atom. The summed E-state index contributed by atoms with van der Waals surface area (Å²) < 4.78 is 17.7. The Bertz CT molecular complexity index is 465. The van der Waals surface area contributed by atoms with Gasteiger partial charge in [0.2, 0.25) is 0 Å². The van der Waals surface area contributed by atoms with Crippen LogP contribution in [0.4, 0.5) is 4.39 Å². The average Bonchev–Trinajstić information content (AvgIpc) is 2.29. The van der Waals surface area contributed by atoms with Crippen molar-refractivity contribution in [3.05, 3.63) is 41.2 Å². The second kappa shape index (κ2) is 5.79. The smallest absolute Gasteiger partial charge is 0.334 e. The van der Waals surface area contributed by atoms with Crippen LogP contribution in [-0.4, -0.2) is 24.2 Å². The molecule has 0 saturated heterocycles. The average molecular weight is 238 g/mol. The Labute approximate surface area is 97.3 Å². The molecule has 0 atom stereocenters. The van der Waals surface area contributed by atoms with E-state index in [2.05, 4.69) is 4.74 Å². The van der Waals surface area contributed by atoms with Gasteiger partial charge in [0.15, 0.2) is 0 Å². The van der Waals surface area contributed by atoms with E-state index in [1.54, 1.807) is 6.07 Å². The number of esters is 1. The van der Waals surface area contributed by atoms with Gasteiger partial charge < -0.3 is 9.84 Å². The van der Waals surface area contributed by atoms with Gasteiger partial charge in [0.25, 0.3) is 0 Å². The minimum Gasteiger partial charge on any atom is -0.481 e. The monoisotopic (exact) mass is 238 g/mol. The third-order valence-corrected chi connectivity index (χ3v) is 2.02. The van der Waals surface area contributed by atoms with Gasteiger partial charge in [-0.1, -0.05) is 18.2 Å². The fraction of sp³-hybridized carbons (Fsp3) is 0.167. The van der Waals surface area contributed by atoms with Crippen molar-refractivity contribution in [1.29, 1.82) is 0 Å². The van der Waals surface area contributed by atoms with Crippen molar-refractivity contribution in [2.45, 2.75) is 6.42 Å². The van der Waals surface area contributed by atoms with Crippen LogP contribution >= 0.6 is 0 Å². The first-order valence-corrected chi connectivity index (χ1v) is 4.80. The van der Waals surface area contributed by atoms with E-state index in [1.807, 2.05) is 0 Å². The molecule has 4 nitrogen and oxygen atoms in total. The van der Waals surface area contributed by atoms with E-state index in [4.69, 9.17) is 5.11 Å². The molecule has 1 aromatic rings. The highest BCUT2D eigenvalue weighted by atomic mass is 19.1. The number of carboxylic acids is 1. The molecule has 1 aromatic carbocycles. The molecular weight excluding hydrogens is 227 g/mol. The molecule has 0 heterocycles. The molecule has 17 heavy (non-hydrogen) atoms. The quantitative estimate of drug-likeness (QED) is 0.642. The second-order valence-corrected chi connectivity index (χ2v) is 3.25. The fourth-order valence-electron chi connectivity index (χ4n) is 1.26. The number of benzene rings is 1. The SMILES string of the molecule is COC(=O)C(=Cc1ccccc1F)CC(=O)O. The summed E-state index contributed by atoms with van der Waals surface area (Å²) >= 11 is 0. The molecule has 0 saturated carbocycles. The zero-order chi connectivity index (χ0) is 12.8. The van der Waals surface area contributed by atoms with E-state index in [-0.39, 0.29) is 11.1 Å². The molecule has 0 aliphatic carbocycles. The van der Waals surface area contributed by atoms with Gasteiger partial charge in [0.1, 0.15) is 5.82 Å². The number of aliphatic carboxylic acids is 1. The van der Waals surface area contributed by atoms with Crippen LogP contribution in [0.15, 0.2) is 29.8 Å². The molecule has 1 rings (SSSR count). The van der Waals surface area contributed by atoms with E-state index in [9.17, 15) is 14.0 Å². The second-order valence-electron chi connectivity index (χ2n) is 3.25. The van der Waals surface area contributed by atoms with Gasteiger partial charge in [-0.25, -0.2) is 9.18 Å². The lowest BCUT2D eigenvalue weighted by atomic mass is 10.1. The van der Waals surface area contributed by atoms with Gasteiger partial charge in [0, 0.05) is 11.1 Å². The van der Waals surface area contributed by atoms with Gasteiger partial charge in [-0.2, -0.15) is 0 Å². The summed E-state index contributed by atoms with van der Waals surface area (Å²) in [6, 6.07) is 5.76. The van der Waals surface area contributed by atoms with Crippen molar-refractivity contribution < 1.29 is 23.8 Å². The van der Waals surface area contributed by atoms with Crippen molar-refractivity contribution in [2.75, 3.05) is 7.11 Å². The normalized spacial score (nSPS) is 11.1. The van der Waals surface area contributed by atoms with E-state index in [0.29, 0.717) is 0 Å². The maximum Gasteiger partial charge on any atom is 0.334 e. The summed E-state index contributed by atoms with van der Waals surface area (Å²) in [6.07, 6.45) is 0.663. The predicted molar refractivity (Wildman–Crippen MR) is 58.6 cm³/mol. The summed E-state index contributed by atoms with van der Waals surface area (Å²) in [5.41, 5.74) is 0.0410. The maximum absolute atomic E-state index is 13.3. The van der Waals surface area contributed by atoms with Crippen LogP contribution in [0.2, 0.25) is 0 Å². The third kappa shape index (κ3) is 3.71. The van der Waals surface area contributed by atoms with Crippen LogP contribution in [-0.2, 0) is 14.3 Å². The Hall–Kier alpha value is -2.17.